The Morgan fingerprint density at radius 1 is 1.12 bits per heavy atom. The third-order valence-corrected chi connectivity index (χ3v) is 5.10. The number of benzene rings is 1. The van der Waals surface area contributed by atoms with Crippen LogP contribution in [0.4, 0.5) is 11.6 Å². The molecule has 0 bridgehead atoms. The number of anilines is 2. The number of rotatable bonds is 2. The Kier molecular flexibility index (Phi) is 3.20. The van der Waals surface area contributed by atoms with Gasteiger partial charge in [-0.25, -0.2) is 9.97 Å². The quantitative estimate of drug-likeness (QED) is 0.717. The molecule has 0 spiro atoms. The van der Waals surface area contributed by atoms with Gasteiger partial charge in [-0.05, 0) is 30.2 Å². The van der Waals surface area contributed by atoms with Crippen LogP contribution in [0, 0.1) is 0 Å². The smallest absolute Gasteiger partial charge is 0.230 e. The van der Waals surface area contributed by atoms with E-state index in [-0.39, 0.29) is 11.7 Å². The first kappa shape index (κ1) is 14.4. The van der Waals surface area contributed by atoms with E-state index in [0.29, 0.717) is 24.4 Å². The van der Waals surface area contributed by atoms with Gasteiger partial charge in [0.05, 0.1) is 17.5 Å². The molecule has 0 saturated carbocycles. The van der Waals surface area contributed by atoms with Crippen molar-refractivity contribution in [3.05, 3.63) is 71.4 Å². The molecule has 5 heteroatoms. The molecule has 1 aliphatic heterocycles. The lowest BCUT2D eigenvalue weighted by Crippen LogP contribution is -2.23. The lowest BCUT2D eigenvalue weighted by Gasteiger charge is -2.23. The highest BCUT2D eigenvalue weighted by molar-refractivity contribution is 5.98. The minimum absolute atomic E-state index is 0.0589. The van der Waals surface area contributed by atoms with E-state index in [1.165, 1.54) is 5.56 Å². The van der Waals surface area contributed by atoms with Gasteiger partial charge in [0.2, 0.25) is 5.95 Å². The second-order valence-electron chi connectivity index (χ2n) is 6.60. The molecule has 1 unspecified atom stereocenters. The van der Waals surface area contributed by atoms with Crippen molar-refractivity contribution in [1.29, 1.82) is 0 Å². The fourth-order valence-electron chi connectivity index (χ4n) is 3.84. The fourth-order valence-corrected chi connectivity index (χ4v) is 3.84. The standard InChI is InChI=1S/C20H17N3O2/c24-18-11-14(19-6-3-9-25-19)10-16-15(18)12-21-20(22-16)23-8-7-13-4-1-2-5-17(13)23/h1-6,9,12,14H,7-8,10-11H2. The van der Waals surface area contributed by atoms with Crippen molar-refractivity contribution in [3.63, 3.8) is 0 Å². The van der Waals surface area contributed by atoms with Crippen LogP contribution in [0.3, 0.4) is 0 Å². The first-order valence-electron chi connectivity index (χ1n) is 8.57. The number of nitrogens with zero attached hydrogens (tertiary/aromatic N) is 3. The number of hydrogen-bond acceptors (Lipinski definition) is 5. The van der Waals surface area contributed by atoms with Gasteiger partial charge in [0, 0.05) is 37.2 Å². The van der Waals surface area contributed by atoms with Crippen molar-refractivity contribution in [1.82, 2.24) is 9.97 Å². The number of para-hydroxylation sites is 1. The molecule has 1 aromatic carbocycles. The molecule has 0 radical (unpaired) electrons. The molecule has 1 aliphatic carbocycles. The first-order valence-corrected chi connectivity index (χ1v) is 8.57. The summed E-state index contributed by atoms with van der Waals surface area (Å²) in [5.74, 6) is 1.68. The van der Waals surface area contributed by atoms with Gasteiger partial charge in [0.15, 0.2) is 5.78 Å². The Morgan fingerprint density at radius 3 is 2.92 bits per heavy atom. The van der Waals surface area contributed by atoms with Crippen LogP contribution in [-0.4, -0.2) is 22.3 Å². The number of fused-ring (bicyclic) bond motifs is 2. The summed E-state index contributed by atoms with van der Waals surface area (Å²) in [4.78, 5) is 23.9. The molecule has 3 aromatic rings. The van der Waals surface area contributed by atoms with Gasteiger partial charge in [-0.3, -0.25) is 4.79 Å². The monoisotopic (exact) mass is 331 g/mol. The molecule has 0 N–H and O–H groups in total. The van der Waals surface area contributed by atoms with Crippen molar-refractivity contribution in [2.75, 3.05) is 11.4 Å². The molecule has 0 amide bonds. The average Bonchev–Trinajstić information content (AvgIpc) is 3.31. The highest BCUT2D eigenvalue weighted by Gasteiger charge is 2.31. The minimum Gasteiger partial charge on any atom is -0.469 e. The van der Waals surface area contributed by atoms with Crippen molar-refractivity contribution < 1.29 is 9.21 Å². The van der Waals surface area contributed by atoms with E-state index in [1.54, 1.807) is 12.5 Å². The molecule has 5 nitrogen and oxygen atoms in total. The van der Waals surface area contributed by atoms with Gasteiger partial charge >= 0.3 is 0 Å². The Morgan fingerprint density at radius 2 is 2.04 bits per heavy atom. The molecule has 5 rings (SSSR count). The van der Waals surface area contributed by atoms with Crippen LogP contribution in [0.2, 0.25) is 0 Å². The third kappa shape index (κ3) is 2.35. The summed E-state index contributed by atoms with van der Waals surface area (Å²) >= 11 is 0. The summed E-state index contributed by atoms with van der Waals surface area (Å²) in [7, 11) is 0. The molecule has 0 fully saturated rings. The number of furan rings is 1. The Labute approximate surface area is 145 Å². The number of hydrogen-bond donors (Lipinski definition) is 0. The zero-order valence-corrected chi connectivity index (χ0v) is 13.7. The van der Waals surface area contributed by atoms with Crippen LogP contribution >= 0.6 is 0 Å². The van der Waals surface area contributed by atoms with E-state index in [0.717, 1.165) is 30.1 Å². The molecule has 1 atom stereocenters. The van der Waals surface area contributed by atoms with Gasteiger partial charge in [0.25, 0.3) is 0 Å². The van der Waals surface area contributed by atoms with E-state index >= 15 is 0 Å². The van der Waals surface area contributed by atoms with Crippen LogP contribution < -0.4 is 4.90 Å². The Bertz CT molecular complexity index is 949. The lowest BCUT2D eigenvalue weighted by atomic mass is 9.85. The highest BCUT2D eigenvalue weighted by atomic mass is 16.3. The van der Waals surface area contributed by atoms with E-state index in [4.69, 9.17) is 9.40 Å². The van der Waals surface area contributed by atoms with Crippen LogP contribution in [0.5, 0.6) is 0 Å². The van der Waals surface area contributed by atoms with Gasteiger partial charge in [-0.15, -0.1) is 0 Å². The van der Waals surface area contributed by atoms with Crippen molar-refractivity contribution >= 4 is 17.4 Å². The molecular formula is C20H17N3O2. The van der Waals surface area contributed by atoms with Gasteiger partial charge in [-0.1, -0.05) is 18.2 Å². The van der Waals surface area contributed by atoms with Crippen LogP contribution in [0.25, 0.3) is 0 Å². The van der Waals surface area contributed by atoms with Crippen LogP contribution in [-0.2, 0) is 12.8 Å². The van der Waals surface area contributed by atoms with Gasteiger partial charge in [-0.2, -0.15) is 0 Å². The molecule has 0 saturated heterocycles. The highest BCUT2D eigenvalue weighted by Crippen LogP contribution is 2.35. The van der Waals surface area contributed by atoms with Crippen LogP contribution in [0.15, 0.2) is 53.3 Å². The maximum atomic E-state index is 12.5. The second-order valence-corrected chi connectivity index (χ2v) is 6.60. The summed E-state index contributed by atoms with van der Waals surface area (Å²) in [5.41, 5.74) is 3.95. The Hall–Kier alpha value is -2.95. The van der Waals surface area contributed by atoms with Gasteiger partial charge in [0.1, 0.15) is 5.76 Å². The maximum Gasteiger partial charge on any atom is 0.230 e. The first-order chi connectivity index (χ1) is 12.3. The SMILES string of the molecule is O=C1CC(c2ccco2)Cc2nc(N3CCc4ccccc43)ncc21. The zero-order valence-electron chi connectivity index (χ0n) is 13.7. The number of aromatic nitrogens is 2. The van der Waals surface area contributed by atoms with E-state index in [9.17, 15) is 4.79 Å². The molecule has 3 heterocycles. The topological polar surface area (TPSA) is 59.2 Å². The number of carbonyl (C=O) groups is 1. The molecule has 2 aliphatic rings. The second kappa shape index (κ2) is 5.55. The largest absolute Gasteiger partial charge is 0.469 e. The van der Waals surface area contributed by atoms with E-state index < -0.39 is 0 Å². The maximum absolute atomic E-state index is 12.5. The molecule has 124 valence electrons. The summed E-state index contributed by atoms with van der Waals surface area (Å²) in [6.07, 6.45) is 5.50. The molecule has 25 heavy (non-hydrogen) atoms. The third-order valence-electron chi connectivity index (χ3n) is 5.10. The van der Waals surface area contributed by atoms with E-state index in [2.05, 4.69) is 28.1 Å². The fraction of sp³-hybridized carbons (Fsp3) is 0.250. The van der Waals surface area contributed by atoms with Gasteiger partial charge < -0.3 is 9.32 Å². The average molecular weight is 331 g/mol. The molecule has 2 aromatic heterocycles. The predicted molar refractivity (Wildman–Crippen MR) is 93.3 cm³/mol. The van der Waals surface area contributed by atoms with Crippen molar-refractivity contribution in [3.8, 4) is 0 Å². The van der Waals surface area contributed by atoms with Crippen molar-refractivity contribution in [2.24, 2.45) is 0 Å². The summed E-state index contributed by atoms with van der Waals surface area (Å²) in [6, 6.07) is 12.1. The number of carbonyl (C=O) groups excluding carboxylic acids is 1. The Balaban J connectivity index is 1.52. The summed E-state index contributed by atoms with van der Waals surface area (Å²) < 4.78 is 5.51. The minimum atomic E-state index is 0.0589. The van der Waals surface area contributed by atoms with Crippen molar-refractivity contribution in [2.45, 2.75) is 25.2 Å². The molecular weight excluding hydrogens is 314 g/mol. The lowest BCUT2D eigenvalue weighted by molar-refractivity contribution is 0.0958. The summed E-state index contributed by atoms with van der Waals surface area (Å²) in [6.45, 7) is 0.869. The van der Waals surface area contributed by atoms with E-state index in [1.807, 2.05) is 18.2 Å². The number of ketones is 1. The van der Waals surface area contributed by atoms with Crippen LogP contribution in [0.1, 0.15) is 39.7 Å². The zero-order chi connectivity index (χ0) is 16.8. The predicted octanol–water partition coefficient (Wildman–Crippen LogP) is 3.68. The number of Topliss-reactive ketones (excluding diaryl/α,β-unsaturated/α-hetero) is 1. The normalized spacial score (nSPS) is 19.0. The summed E-state index contributed by atoms with van der Waals surface area (Å²) in [5, 5.41) is 0.